The molecule has 0 spiro atoms. The molecule has 2 rings (SSSR count). The van der Waals surface area contributed by atoms with E-state index in [1.807, 2.05) is 20.8 Å². The number of hydrogen-bond donors (Lipinski definition) is 1. The number of Topliss-reactive ketones (excluding diaryl/α,β-unsaturated/α-hetero) is 1. The summed E-state index contributed by atoms with van der Waals surface area (Å²) in [7, 11) is 0. The highest BCUT2D eigenvalue weighted by Gasteiger charge is 2.33. The van der Waals surface area contributed by atoms with E-state index in [9.17, 15) is 4.79 Å². The fourth-order valence-electron chi connectivity index (χ4n) is 2.36. The van der Waals surface area contributed by atoms with E-state index in [0.717, 1.165) is 13.0 Å². The molecule has 1 aliphatic heterocycles. The topological polar surface area (TPSA) is 46.9 Å². The molecule has 0 saturated carbocycles. The van der Waals surface area contributed by atoms with Crippen LogP contribution in [0.5, 0.6) is 0 Å². The van der Waals surface area contributed by atoms with Crippen molar-refractivity contribution in [2.45, 2.75) is 39.3 Å². The molecule has 0 bridgehead atoms. The molecule has 5 heteroatoms. The number of carbonyl (C=O) groups is 1. The Morgan fingerprint density at radius 3 is 2.88 bits per heavy atom. The lowest BCUT2D eigenvalue weighted by atomic mass is 9.94. The Morgan fingerprint density at radius 1 is 1.65 bits per heavy atom. The monoisotopic (exact) mass is 255 g/mol. The van der Waals surface area contributed by atoms with Crippen LogP contribution < -0.4 is 5.32 Å². The van der Waals surface area contributed by atoms with Gasteiger partial charge in [0.25, 0.3) is 0 Å². The van der Waals surface area contributed by atoms with Crippen LogP contribution >= 0.6 is 11.6 Å². The molecule has 0 aliphatic carbocycles. The Labute approximate surface area is 106 Å². The van der Waals surface area contributed by atoms with E-state index >= 15 is 0 Å². The van der Waals surface area contributed by atoms with E-state index in [1.165, 1.54) is 0 Å². The standard InChI is InChI=1S/C12H18ClN3O/c1-7(2)16-11(10(13)6-15-16)12(17)9-4-5-14-8(9)3/h6-9,14H,4-5H2,1-3H3. The molecular formula is C12H18ClN3O. The third-order valence-electron chi connectivity index (χ3n) is 3.34. The number of rotatable bonds is 3. The summed E-state index contributed by atoms with van der Waals surface area (Å²) in [6, 6.07) is 0.361. The van der Waals surface area contributed by atoms with Gasteiger partial charge in [0.05, 0.1) is 11.2 Å². The average Bonchev–Trinajstić information content (AvgIpc) is 2.83. The molecule has 1 aromatic heterocycles. The molecule has 1 saturated heterocycles. The first-order chi connectivity index (χ1) is 8.02. The van der Waals surface area contributed by atoms with Gasteiger partial charge >= 0.3 is 0 Å². The molecule has 1 fully saturated rings. The van der Waals surface area contributed by atoms with Gasteiger partial charge in [-0.1, -0.05) is 11.6 Å². The average molecular weight is 256 g/mol. The van der Waals surface area contributed by atoms with Crippen molar-refractivity contribution in [1.29, 1.82) is 0 Å². The summed E-state index contributed by atoms with van der Waals surface area (Å²) in [6.45, 7) is 6.93. The predicted octanol–water partition coefficient (Wildman–Crippen LogP) is 2.30. The minimum Gasteiger partial charge on any atom is -0.313 e. The quantitative estimate of drug-likeness (QED) is 0.843. The minimum atomic E-state index is 0.0155. The molecule has 1 aliphatic rings. The lowest BCUT2D eigenvalue weighted by Crippen LogP contribution is -2.30. The van der Waals surface area contributed by atoms with Crippen LogP contribution in [-0.2, 0) is 0 Å². The largest absolute Gasteiger partial charge is 0.313 e. The van der Waals surface area contributed by atoms with Crippen LogP contribution in [0, 0.1) is 5.92 Å². The van der Waals surface area contributed by atoms with Gasteiger partial charge in [-0.2, -0.15) is 5.10 Å². The van der Waals surface area contributed by atoms with E-state index in [0.29, 0.717) is 10.7 Å². The summed E-state index contributed by atoms with van der Waals surface area (Å²) < 4.78 is 1.72. The van der Waals surface area contributed by atoms with Gasteiger partial charge in [-0.05, 0) is 33.7 Å². The molecule has 4 nitrogen and oxygen atoms in total. The predicted molar refractivity (Wildman–Crippen MR) is 67.5 cm³/mol. The molecule has 2 atom stereocenters. The van der Waals surface area contributed by atoms with E-state index < -0.39 is 0 Å². The molecular weight excluding hydrogens is 238 g/mol. The van der Waals surface area contributed by atoms with Gasteiger partial charge in [0.2, 0.25) is 0 Å². The smallest absolute Gasteiger partial charge is 0.187 e. The third kappa shape index (κ3) is 2.24. The van der Waals surface area contributed by atoms with Gasteiger partial charge in [0, 0.05) is 18.0 Å². The van der Waals surface area contributed by atoms with E-state index in [2.05, 4.69) is 10.4 Å². The number of aromatic nitrogens is 2. The van der Waals surface area contributed by atoms with Crippen molar-refractivity contribution in [3.63, 3.8) is 0 Å². The number of nitrogens with zero attached hydrogens (tertiary/aromatic N) is 2. The summed E-state index contributed by atoms with van der Waals surface area (Å²) in [6.07, 6.45) is 2.43. The lowest BCUT2D eigenvalue weighted by molar-refractivity contribution is 0.0901. The maximum absolute atomic E-state index is 12.5. The van der Waals surface area contributed by atoms with Crippen LogP contribution in [0.4, 0.5) is 0 Å². The fourth-order valence-corrected chi connectivity index (χ4v) is 2.58. The zero-order valence-electron chi connectivity index (χ0n) is 10.4. The lowest BCUT2D eigenvalue weighted by Gasteiger charge is -2.16. The van der Waals surface area contributed by atoms with E-state index in [4.69, 9.17) is 11.6 Å². The molecule has 0 radical (unpaired) electrons. The van der Waals surface area contributed by atoms with Crippen LogP contribution in [0.1, 0.15) is 43.7 Å². The van der Waals surface area contributed by atoms with Crippen molar-refractivity contribution in [3.05, 3.63) is 16.9 Å². The van der Waals surface area contributed by atoms with E-state index in [-0.39, 0.29) is 23.8 Å². The Balaban J connectivity index is 2.33. The number of halogens is 1. The van der Waals surface area contributed by atoms with Crippen molar-refractivity contribution in [1.82, 2.24) is 15.1 Å². The summed E-state index contributed by atoms with van der Waals surface area (Å²) in [5.41, 5.74) is 0.558. The Hall–Kier alpha value is -0.870. The first kappa shape index (κ1) is 12.6. The molecule has 1 aromatic rings. The minimum absolute atomic E-state index is 0.0155. The van der Waals surface area contributed by atoms with Crippen LogP contribution in [0.25, 0.3) is 0 Å². The van der Waals surface area contributed by atoms with Crippen molar-refractivity contribution in [3.8, 4) is 0 Å². The molecule has 2 unspecified atom stereocenters. The van der Waals surface area contributed by atoms with E-state index in [1.54, 1.807) is 10.9 Å². The van der Waals surface area contributed by atoms with Crippen LogP contribution in [0.15, 0.2) is 6.20 Å². The number of hydrogen-bond acceptors (Lipinski definition) is 3. The highest BCUT2D eigenvalue weighted by Crippen LogP contribution is 2.26. The Morgan fingerprint density at radius 2 is 2.35 bits per heavy atom. The maximum Gasteiger partial charge on any atom is 0.187 e. The highest BCUT2D eigenvalue weighted by molar-refractivity contribution is 6.33. The summed E-state index contributed by atoms with van der Waals surface area (Å²) in [4.78, 5) is 12.5. The van der Waals surface area contributed by atoms with Crippen molar-refractivity contribution in [2.24, 2.45) is 5.92 Å². The Bertz CT molecular complexity index is 427. The van der Waals surface area contributed by atoms with Crippen molar-refractivity contribution < 1.29 is 4.79 Å². The highest BCUT2D eigenvalue weighted by atomic mass is 35.5. The third-order valence-corrected chi connectivity index (χ3v) is 3.61. The molecule has 0 amide bonds. The van der Waals surface area contributed by atoms with Gasteiger partial charge in [-0.25, -0.2) is 0 Å². The SMILES string of the molecule is CC1NCCC1C(=O)c1c(Cl)cnn1C(C)C. The van der Waals surface area contributed by atoms with Gasteiger partial charge in [-0.3, -0.25) is 9.48 Å². The van der Waals surface area contributed by atoms with Gasteiger partial charge in [0.15, 0.2) is 5.78 Å². The number of ketones is 1. The van der Waals surface area contributed by atoms with Crippen LogP contribution in [-0.4, -0.2) is 28.2 Å². The zero-order valence-corrected chi connectivity index (χ0v) is 11.2. The number of carbonyl (C=O) groups excluding carboxylic acids is 1. The molecule has 1 N–H and O–H groups in total. The maximum atomic E-state index is 12.5. The van der Waals surface area contributed by atoms with Crippen molar-refractivity contribution >= 4 is 17.4 Å². The summed E-state index contributed by atoms with van der Waals surface area (Å²) in [5.74, 6) is 0.125. The molecule has 94 valence electrons. The van der Waals surface area contributed by atoms with Crippen LogP contribution in [0.2, 0.25) is 5.02 Å². The summed E-state index contributed by atoms with van der Waals surface area (Å²) in [5, 5.41) is 7.92. The number of nitrogens with one attached hydrogen (secondary N) is 1. The molecule has 2 heterocycles. The van der Waals surface area contributed by atoms with Gasteiger partial charge in [-0.15, -0.1) is 0 Å². The molecule has 0 aromatic carbocycles. The first-order valence-electron chi connectivity index (χ1n) is 6.03. The van der Waals surface area contributed by atoms with Gasteiger partial charge in [0.1, 0.15) is 5.69 Å². The normalized spacial score (nSPS) is 24.5. The Kier molecular flexibility index (Phi) is 3.54. The second-order valence-electron chi connectivity index (χ2n) is 4.88. The van der Waals surface area contributed by atoms with Crippen LogP contribution in [0.3, 0.4) is 0 Å². The second-order valence-corrected chi connectivity index (χ2v) is 5.29. The first-order valence-corrected chi connectivity index (χ1v) is 6.40. The molecule has 17 heavy (non-hydrogen) atoms. The summed E-state index contributed by atoms with van der Waals surface area (Å²) >= 11 is 6.09. The zero-order chi connectivity index (χ0) is 12.6. The van der Waals surface area contributed by atoms with Crippen molar-refractivity contribution in [2.75, 3.05) is 6.54 Å². The fraction of sp³-hybridized carbons (Fsp3) is 0.667. The second kappa shape index (κ2) is 4.78. The van der Waals surface area contributed by atoms with Gasteiger partial charge < -0.3 is 5.32 Å².